The average molecular weight is 234 g/mol. The number of methoxy groups -OCH3 is 1. The van der Waals surface area contributed by atoms with E-state index in [0.717, 1.165) is 25.4 Å². The van der Waals surface area contributed by atoms with Gasteiger partial charge >= 0.3 is 0 Å². The Labute approximate surface area is 104 Å². The molecular formula is C14H22N2O. The maximum absolute atomic E-state index is 5.17. The van der Waals surface area contributed by atoms with Crippen molar-refractivity contribution < 1.29 is 4.74 Å². The summed E-state index contributed by atoms with van der Waals surface area (Å²) in [6.45, 7) is 7.75. The molecule has 1 saturated heterocycles. The number of ether oxygens (including phenoxy) is 1. The summed E-state index contributed by atoms with van der Waals surface area (Å²) in [5.74, 6) is 0.926. The van der Waals surface area contributed by atoms with Gasteiger partial charge in [-0.25, -0.2) is 0 Å². The molecule has 2 rings (SSSR count). The molecule has 1 aliphatic rings. The fraction of sp³-hybridized carbons (Fsp3) is 0.571. The number of hydrogen-bond donors (Lipinski definition) is 1. The summed E-state index contributed by atoms with van der Waals surface area (Å²) in [6.07, 6.45) is 0. The third-order valence-corrected chi connectivity index (χ3v) is 3.44. The Bertz CT molecular complexity index is 350. The molecule has 0 radical (unpaired) electrons. The molecule has 1 aromatic carbocycles. The van der Waals surface area contributed by atoms with Crippen LogP contribution in [-0.2, 0) is 6.54 Å². The lowest BCUT2D eigenvalue weighted by Crippen LogP contribution is -2.53. The number of rotatable bonds is 3. The maximum Gasteiger partial charge on any atom is 0.118 e. The van der Waals surface area contributed by atoms with Crippen molar-refractivity contribution in [3.05, 3.63) is 29.8 Å². The van der Waals surface area contributed by atoms with Crippen LogP contribution in [0.3, 0.4) is 0 Å². The Kier molecular flexibility index (Phi) is 4.02. The fourth-order valence-electron chi connectivity index (χ4n) is 2.28. The fourth-order valence-corrected chi connectivity index (χ4v) is 2.28. The standard InChI is InChI=1S/C14H22N2O/c1-11-9-16(12(2)8-15-11)10-13-4-6-14(17-3)7-5-13/h4-7,11-12,15H,8-10H2,1-3H3/t11?,12-/m1/s1. The van der Waals surface area contributed by atoms with Gasteiger partial charge in [0.25, 0.3) is 0 Å². The van der Waals surface area contributed by atoms with Crippen LogP contribution in [0.5, 0.6) is 5.75 Å². The minimum Gasteiger partial charge on any atom is -0.497 e. The molecule has 0 saturated carbocycles. The zero-order chi connectivity index (χ0) is 12.3. The Morgan fingerprint density at radius 2 is 2.00 bits per heavy atom. The van der Waals surface area contributed by atoms with Crippen molar-refractivity contribution in [1.82, 2.24) is 10.2 Å². The van der Waals surface area contributed by atoms with Gasteiger partial charge in [0.15, 0.2) is 0 Å². The van der Waals surface area contributed by atoms with Crippen LogP contribution in [-0.4, -0.2) is 37.2 Å². The van der Waals surface area contributed by atoms with Gasteiger partial charge in [-0.15, -0.1) is 0 Å². The largest absolute Gasteiger partial charge is 0.497 e. The summed E-state index contributed by atoms with van der Waals surface area (Å²) in [5.41, 5.74) is 1.35. The minimum atomic E-state index is 0.587. The number of benzene rings is 1. The molecule has 0 aliphatic carbocycles. The van der Waals surface area contributed by atoms with E-state index in [0.29, 0.717) is 12.1 Å². The molecule has 1 aromatic rings. The van der Waals surface area contributed by atoms with E-state index >= 15 is 0 Å². The van der Waals surface area contributed by atoms with Crippen molar-refractivity contribution in [2.45, 2.75) is 32.5 Å². The third kappa shape index (κ3) is 3.20. The first-order valence-electron chi connectivity index (χ1n) is 6.29. The van der Waals surface area contributed by atoms with Gasteiger partial charge in [0.1, 0.15) is 5.75 Å². The van der Waals surface area contributed by atoms with Gasteiger partial charge < -0.3 is 10.1 Å². The highest BCUT2D eigenvalue weighted by molar-refractivity contribution is 5.27. The van der Waals surface area contributed by atoms with Crippen molar-refractivity contribution in [2.24, 2.45) is 0 Å². The second kappa shape index (κ2) is 5.52. The zero-order valence-electron chi connectivity index (χ0n) is 10.9. The number of piperazine rings is 1. The van der Waals surface area contributed by atoms with Gasteiger partial charge in [0, 0.05) is 31.7 Å². The first-order valence-corrected chi connectivity index (χ1v) is 6.29. The summed E-state index contributed by atoms with van der Waals surface area (Å²) in [4.78, 5) is 2.53. The lowest BCUT2D eigenvalue weighted by molar-refractivity contribution is 0.139. The summed E-state index contributed by atoms with van der Waals surface area (Å²) >= 11 is 0. The average Bonchev–Trinajstić information content (AvgIpc) is 2.35. The highest BCUT2D eigenvalue weighted by Gasteiger charge is 2.21. The van der Waals surface area contributed by atoms with Crippen molar-refractivity contribution in [3.8, 4) is 5.75 Å². The summed E-state index contributed by atoms with van der Waals surface area (Å²) < 4.78 is 5.17. The SMILES string of the molecule is COc1ccc(CN2CC(C)NC[C@H]2C)cc1. The van der Waals surface area contributed by atoms with Gasteiger partial charge in [-0.05, 0) is 31.5 Å². The Morgan fingerprint density at radius 1 is 1.29 bits per heavy atom. The van der Waals surface area contributed by atoms with Gasteiger partial charge in [0.2, 0.25) is 0 Å². The molecule has 94 valence electrons. The van der Waals surface area contributed by atoms with Crippen LogP contribution in [0.4, 0.5) is 0 Å². The van der Waals surface area contributed by atoms with Crippen LogP contribution in [0.2, 0.25) is 0 Å². The lowest BCUT2D eigenvalue weighted by atomic mass is 10.1. The number of hydrogen-bond acceptors (Lipinski definition) is 3. The van der Waals surface area contributed by atoms with Crippen LogP contribution < -0.4 is 10.1 Å². The quantitative estimate of drug-likeness (QED) is 0.864. The predicted molar refractivity (Wildman–Crippen MR) is 70.3 cm³/mol. The van der Waals surface area contributed by atoms with Crippen LogP contribution >= 0.6 is 0 Å². The Hall–Kier alpha value is -1.06. The van der Waals surface area contributed by atoms with E-state index < -0.39 is 0 Å². The molecule has 3 heteroatoms. The molecule has 3 nitrogen and oxygen atoms in total. The van der Waals surface area contributed by atoms with Crippen LogP contribution in [0.25, 0.3) is 0 Å². The Balaban J connectivity index is 1.98. The molecule has 1 N–H and O–H groups in total. The van der Waals surface area contributed by atoms with E-state index in [2.05, 4.69) is 36.2 Å². The van der Waals surface area contributed by atoms with E-state index in [1.165, 1.54) is 5.56 Å². The zero-order valence-corrected chi connectivity index (χ0v) is 10.9. The molecule has 17 heavy (non-hydrogen) atoms. The molecule has 0 spiro atoms. The van der Waals surface area contributed by atoms with E-state index in [9.17, 15) is 0 Å². The molecule has 1 unspecified atom stereocenters. The van der Waals surface area contributed by atoms with Crippen molar-refractivity contribution in [2.75, 3.05) is 20.2 Å². The maximum atomic E-state index is 5.17. The smallest absolute Gasteiger partial charge is 0.118 e. The molecule has 1 fully saturated rings. The van der Waals surface area contributed by atoms with Crippen molar-refractivity contribution in [3.63, 3.8) is 0 Å². The minimum absolute atomic E-state index is 0.587. The molecule has 0 amide bonds. The van der Waals surface area contributed by atoms with Gasteiger partial charge in [-0.1, -0.05) is 12.1 Å². The summed E-state index contributed by atoms with van der Waals surface area (Å²) in [6, 6.07) is 9.56. The molecule has 1 heterocycles. The molecule has 0 aromatic heterocycles. The number of nitrogens with one attached hydrogen (secondary N) is 1. The van der Waals surface area contributed by atoms with E-state index in [1.54, 1.807) is 7.11 Å². The molecular weight excluding hydrogens is 212 g/mol. The van der Waals surface area contributed by atoms with Crippen molar-refractivity contribution >= 4 is 0 Å². The summed E-state index contributed by atoms with van der Waals surface area (Å²) in [7, 11) is 1.70. The molecule has 0 bridgehead atoms. The van der Waals surface area contributed by atoms with E-state index in [-0.39, 0.29) is 0 Å². The predicted octanol–water partition coefficient (Wildman–Crippen LogP) is 1.88. The summed E-state index contributed by atoms with van der Waals surface area (Å²) in [5, 5.41) is 3.50. The first-order chi connectivity index (χ1) is 8.19. The second-order valence-electron chi connectivity index (χ2n) is 4.94. The first kappa shape index (κ1) is 12.4. The number of nitrogens with zero attached hydrogens (tertiary/aromatic N) is 1. The third-order valence-electron chi connectivity index (χ3n) is 3.44. The van der Waals surface area contributed by atoms with E-state index in [1.807, 2.05) is 12.1 Å². The molecule has 1 aliphatic heterocycles. The van der Waals surface area contributed by atoms with E-state index in [4.69, 9.17) is 4.74 Å². The van der Waals surface area contributed by atoms with Crippen LogP contribution in [0.15, 0.2) is 24.3 Å². The van der Waals surface area contributed by atoms with Crippen LogP contribution in [0, 0.1) is 0 Å². The van der Waals surface area contributed by atoms with Crippen LogP contribution in [0.1, 0.15) is 19.4 Å². The highest BCUT2D eigenvalue weighted by Crippen LogP contribution is 2.15. The normalized spacial score (nSPS) is 25.8. The second-order valence-corrected chi connectivity index (χ2v) is 4.94. The van der Waals surface area contributed by atoms with Crippen molar-refractivity contribution in [1.29, 1.82) is 0 Å². The van der Waals surface area contributed by atoms with Gasteiger partial charge in [-0.2, -0.15) is 0 Å². The lowest BCUT2D eigenvalue weighted by Gasteiger charge is -2.37. The van der Waals surface area contributed by atoms with Gasteiger partial charge in [0.05, 0.1) is 7.11 Å². The molecule has 2 atom stereocenters. The topological polar surface area (TPSA) is 24.5 Å². The highest BCUT2D eigenvalue weighted by atomic mass is 16.5. The van der Waals surface area contributed by atoms with Gasteiger partial charge in [-0.3, -0.25) is 4.90 Å². The Morgan fingerprint density at radius 3 is 2.65 bits per heavy atom. The monoisotopic (exact) mass is 234 g/mol.